The Morgan fingerprint density at radius 1 is 1.59 bits per heavy atom. The number of aromatic nitrogens is 1. The molecule has 0 fully saturated rings. The molecule has 4 nitrogen and oxygen atoms in total. The Labute approximate surface area is 102 Å². The largest absolute Gasteiger partial charge is 0.481 e. The molecule has 0 aliphatic carbocycles. The van der Waals surface area contributed by atoms with Gasteiger partial charge >= 0.3 is 5.97 Å². The zero-order valence-electron chi connectivity index (χ0n) is 10.8. The van der Waals surface area contributed by atoms with Crippen molar-refractivity contribution in [3.8, 4) is 0 Å². The summed E-state index contributed by atoms with van der Waals surface area (Å²) in [5, 5.41) is 12.2. The van der Waals surface area contributed by atoms with E-state index < -0.39 is 5.97 Å². The highest BCUT2D eigenvalue weighted by molar-refractivity contribution is 5.70. The van der Waals surface area contributed by atoms with Crippen LogP contribution in [0.3, 0.4) is 0 Å². The molecule has 1 unspecified atom stereocenters. The molecule has 1 aromatic heterocycles. The summed E-state index contributed by atoms with van der Waals surface area (Å²) < 4.78 is 0. The fourth-order valence-corrected chi connectivity index (χ4v) is 1.81. The van der Waals surface area contributed by atoms with Crippen molar-refractivity contribution in [1.29, 1.82) is 0 Å². The summed E-state index contributed by atoms with van der Waals surface area (Å²) in [6, 6.07) is 4.03. The molecule has 17 heavy (non-hydrogen) atoms. The molecule has 0 aliphatic rings. The Morgan fingerprint density at radius 3 is 2.76 bits per heavy atom. The molecule has 1 rings (SSSR count). The van der Waals surface area contributed by atoms with Gasteiger partial charge in [0, 0.05) is 30.4 Å². The van der Waals surface area contributed by atoms with Gasteiger partial charge in [-0.15, -0.1) is 0 Å². The van der Waals surface area contributed by atoms with Crippen LogP contribution in [0.5, 0.6) is 0 Å². The zero-order chi connectivity index (χ0) is 12.9. The first-order valence-electron chi connectivity index (χ1n) is 6.04. The molecular formula is C13H22N2O2. The molecule has 0 spiro atoms. The molecule has 0 saturated carbocycles. The van der Waals surface area contributed by atoms with Gasteiger partial charge in [-0.3, -0.25) is 4.79 Å². The first-order chi connectivity index (χ1) is 7.97. The third kappa shape index (κ3) is 3.89. The van der Waals surface area contributed by atoms with Crippen LogP contribution in [-0.2, 0) is 10.2 Å². The lowest BCUT2D eigenvalue weighted by atomic mass is 9.89. The van der Waals surface area contributed by atoms with Crippen molar-refractivity contribution in [2.75, 3.05) is 13.1 Å². The van der Waals surface area contributed by atoms with Crippen LogP contribution in [0.2, 0.25) is 0 Å². The third-order valence-electron chi connectivity index (χ3n) is 3.13. The van der Waals surface area contributed by atoms with Crippen LogP contribution in [0.4, 0.5) is 0 Å². The van der Waals surface area contributed by atoms with E-state index in [1.807, 2.05) is 19.2 Å². The Bertz CT molecular complexity index is 344. The van der Waals surface area contributed by atoms with Crippen LogP contribution in [-0.4, -0.2) is 29.1 Å². The highest BCUT2D eigenvalue weighted by Crippen LogP contribution is 2.20. The molecule has 1 heterocycles. The van der Waals surface area contributed by atoms with E-state index in [1.165, 1.54) is 0 Å². The fraction of sp³-hybridized carbons (Fsp3) is 0.615. The Balaban J connectivity index is 2.43. The minimum atomic E-state index is -0.724. The Morgan fingerprint density at radius 2 is 2.29 bits per heavy atom. The van der Waals surface area contributed by atoms with Crippen molar-refractivity contribution in [1.82, 2.24) is 10.3 Å². The summed E-state index contributed by atoms with van der Waals surface area (Å²) in [5.41, 5.74) is 1.15. The van der Waals surface area contributed by atoms with Gasteiger partial charge < -0.3 is 15.4 Å². The molecule has 0 radical (unpaired) electrons. The summed E-state index contributed by atoms with van der Waals surface area (Å²) in [6.45, 7) is 7.45. The topological polar surface area (TPSA) is 65.1 Å². The van der Waals surface area contributed by atoms with Crippen molar-refractivity contribution in [2.45, 2.75) is 32.6 Å². The summed E-state index contributed by atoms with van der Waals surface area (Å²) in [7, 11) is 0. The van der Waals surface area contributed by atoms with E-state index in [4.69, 9.17) is 5.11 Å². The quantitative estimate of drug-likeness (QED) is 0.680. The second-order valence-electron chi connectivity index (χ2n) is 5.04. The molecule has 0 aliphatic heterocycles. The zero-order valence-corrected chi connectivity index (χ0v) is 10.8. The second kappa shape index (κ2) is 5.87. The molecule has 0 aromatic carbocycles. The average molecular weight is 238 g/mol. The Hall–Kier alpha value is -1.29. The van der Waals surface area contributed by atoms with Crippen LogP contribution in [0, 0.1) is 5.92 Å². The van der Waals surface area contributed by atoms with Gasteiger partial charge in [-0.2, -0.15) is 0 Å². The average Bonchev–Trinajstić information content (AvgIpc) is 2.77. The number of H-pyrrole nitrogens is 1. The van der Waals surface area contributed by atoms with Crippen molar-refractivity contribution in [2.24, 2.45) is 5.92 Å². The lowest BCUT2D eigenvalue weighted by molar-refractivity contribution is -0.141. The molecule has 0 bridgehead atoms. The van der Waals surface area contributed by atoms with E-state index in [1.54, 1.807) is 0 Å². The molecule has 1 atom stereocenters. The van der Waals surface area contributed by atoms with Gasteiger partial charge in [0.1, 0.15) is 0 Å². The summed E-state index contributed by atoms with van der Waals surface area (Å²) in [4.78, 5) is 14.1. The Kier molecular flexibility index (Phi) is 4.75. The number of hydrogen-bond donors (Lipinski definition) is 3. The molecule has 3 N–H and O–H groups in total. The summed E-state index contributed by atoms with van der Waals surface area (Å²) >= 11 is 0. The van der Waals surface area contributed by atoms with Gasteiger partial charge in [-0.1, -0.05) is 20.8 Å². The molecule has 96 valence electrons. The predicted octanol–water partition coefficient (Wildman–Crippen LogP) is 1.99. The lowest BCUT2D eigenvalue weighted by Gasteiger charge is -2.25. The fourth-order valence-electron chi connectivity index (χ4n) is 1.81. The summed E-state index contributed by atoms with van der Waals surface area (Å²) in [6.07, 6.45) is 2.56. The van der Waals surface area contributed by atoms with E-state index in [0.29, 0.717) is 13.0 Å². The van der Waals surface area contributed by atoms with E-state index >= 15 is 0 Å². The van der Waals surface area contributed by atoms with Crippen LogP contribution >= 0.6 is 0 Å². The van der Waals surface area contributed by atoms with E-state index in [9.17, 15) is 4.79 Å². The van der Waals surface area contributed by atoms with Crippen molar-refractivity contribution >= 4 is 5.97 Å². The van der Waals surface area contributed by atoms with Crippen molar-refractivity contribution in [3.05, 3.63) is 24.0 Å². The van der Waals surface area contributed by atoms with Crippen LogP contribution in [0.15, 0.2) is 18.3 Å². The lowest BCUT2D eigenvalue weighted by Crippen LogP contribution is -2.37. The normalized spacial score (nSPS) is 13.6. The van der Waals surface area contributed by atoms with Crippen LogP contribution in [0.1, 0.15) is 32.9 Å². The number of carboxylic acid groups (broad SMARTS) is 1. The van der Waals surface area contributed by atoms with Gasteiger partial charge in [0.2, 0.25) is 0 Å². The standard InChI is InChI=1S/C13H22N2O2/c1-4-10(12(16)17)8-14-9-13(2,3)11-6-5-7-15-11/h5-7,10,14-15H,4,8-9H2,1-3H3,(H,16,17). The molecule has 0 amide bonds. The number of nitrogens with one attached hydrogen (secondary N) is 2. The summed E-state index contributed by atoms with van der Waals surface area (Å²) in [5.74, 6) is -1.02. The van der Waals surface area contributed by atoms with Gasteiger partial charge in [-0.05, 0) is 18.6 Å². The first-order valence-corrected chi connectivity index (χ1v) is 6.04. The van der Waals surface area contributed by atoms with Gasteiger partial charge in [-0.25, -0.2) is 0 Å². The minimum Gasteiger partial charge on any atom is -0.481 e. The van der Waals surface area contributed by atoms with Gasteiger partial charge in [0.15, 0.2) is 0 Å². The second-order valence-corrected chi connectivity index (χ2v) is 5.04. The number of carboxylic acids is 1. The van der Waals surface area contributed by atoms with Gasteiger partial charge in [0.25, 0.3) is 0 Å². The monoisotopic (exact) mass is 238 g/mol. The molecule has 0 saturated heterocycles. The van der Waals surface area contributed by atoms with E-state index in [2.05, 4.69) is 30.2 Å². The third-order valence-corrected chi connectivity index (χ3v) is 3.13. The van der Waals surface area contributed by atoms with E-state index in [0.717, 1.165) is 12.2 Å². The number of aliphatic carboxylic acids is 1. The van der Waals surface area contributed by atoms with Crippen molar-refractivity contribution < 1.29 is 9.90 Å². The number of hydrogen-bond acceptors (Lipinski definition) is 2. The van der Waals surface area contributed by atoms with Gasteiger partial charge in [0.05, 0.1) is 5.92 Å². The molecule has 1 aromatic rings. The number of aromatic amines is 1. The minimum absolute atomic E-state index is 0.0136. The maximum absolute atomic E-state index is 10.9. The van der Waals surface area contributed by atoms with Crippen molar-refractivity contribution in [3.63, 3.8) is 0 Å². The number of rotatable bonds is 7. The predicted molar refractivity (Wildman–Crippen MR) is 68.1 cm³/mol. The maximum atomic E-state index is 10.9. The van der Waals surface area contributed by atoms with Crippen LogP contribution in [0.25, 0.3) is 0 Å². The SMILES string of the molecule is CCC(CNCC(C)(C)c1ccc[nH]1)C(=O)O. The highest BCUT2D eigenvalue weighted by atomic mass is 16.4. The maximum Gasteiger partial charge on any atom is 0.307 e. The van der Waals surface area contributed by atoms with Crippen LogP contribution < -0.4 is 5.32 Å². The number of carbonyl (C=O) groups is 1. The molecule has 4 heteroatoms. The highest BCUT2D eigenvalue weighted by Gasteiger charge is 2.22. The first kappa shape index (κ1) is 13.8. The smallest absolute Gasteiger partial charge is 0.307 e. The van der Waals surface area contributed by atoms with E-state index in [-0.39, 0.29) is 11.3 Å². The molecular weight excluding hydrogens is 216 g/mol.